The molecule has 0 spiro atoms. The van der Waals surface area contributed by atoms with Gasteiger partial charge in [-0.3, -0.25) is 4.79 Å². The number of hydrogen-bond donors (Lipinski definition) is 3. The van der Waals surface area contributed by atoms with Crippen LogP contribution in [0.4, 0.5) is 5.69 Å². The number of nitrogens with two attached hydrogens (primary N) is 1. The van der Waals surface area contributed by atoms with Crippen LogP contribution in [0.1, 0.15) is 13.8 Å². The van der Waals surface area contributed by atoms with Gasteiger partial charge in [-0.05, 0) is 31.2 Å². The zero-order valence-electron chi connectivity index (χ0n) is 10.3. The van der Waals surface area contributed by atoms with Crippen LogP contribution < -0.4 is 15.8 Å². The SMILES string of the molecule is CCNS(=O)(=O)c1ccc(NC(=O)[C@H](C)N)cc1. The fraction of sp³-hybridized carbons (Fsp3) is 0.364. The first-order valence-corrected chi connectivity index (χ1v) is 7.01. The van der Waals surface area contributed by atoms with Crippen molar-refractivity contribution in [1.82, 2.24) is 4.72 Å². The van der Waals surface area contributed by atoms with E-state index < -0.39 is 16.1 Å². The molecule has 0 saturated heterocycles. The van der Waals surface area contributed by atoms with Crippen molar-refractivity contribution in [3.05, 3.63) is 24.3 Å². The molecule has 7 heteroatoms. The highest BCUT2D eigenvalue weighted by molar-refractivity contribution is 7.89. The molecule has 100 valence electrons. The molecule has 1 aromatic carbocycles. The van der Waals surface area contributed by atoms with Gasteiger partial charge in [-0.15, -0.1) is 0 Å². The van der Waals surface area contributed by atoms with Gasteiger partial charge in [-0.25, -0.2) is 13.1 Å². The Hall–Kier alpha value is -1.44. The molecular formula is C11H17N3O3S. The molecule has 6 nitrogen and oxygen atoms in total. The van der Waals surface area contributed by atoms with Crippen molar-refractivity contribution in [2.75, 3.05) is 11.9 Å². The largest absolute Gasteiger partial charge is 0.325 e. The predicted octanol–water partition coefficient (Wildman–Crippen LogP) is 0.271. The van der Waals surface area contributed by atoms with E-state index in [1.54, 1.807) is 13.8 Å². The number of rotatable bonds is 5. The van der Waals surface area contributed by atoms with E-state index in [4.69, 9.17) is 5.73 Å². The Labute approximate surface area is 107 Å². The summed E-state index contributed by atoms with van der Waals surface area (Å²) in [6.45, 7) is 3.60. The van der Waals surface area contributed by atoms with E-state index in [0.29, 0.717) is 12.2 Å². The van der Waals surface area contributed by atoms with Gasteiger partial charge >= 0.3 is 0 Å². The summed E-state index contributed by atoms with van der Waals surface area (Å²) in [6, 6.07) is 5.27. The first-order valence-electron chi connectivity index (χ1n) is 5.53. The van der Waals surface area contributed by atoms with Crippen LogP contribution in [-0.2, 0) is 14.8 Å². The molecule has 0 fully saturated rings. The molecule has 0 unspecified atom stereocenters. The Kier molecular flexibility index (Phi) is 4.83. The lowest BCUT2D eigenvalue weighted by Gasteiger charge is -2.09. The van der Waals surface area contributed by atoms with Crippen LogP contribution in [0, 0.1) is 0 Å². The minimum atomic E-state index is -3.46. The van der Waals surface area contributed by atoms with Crippen LogP contribution in [0.2, 0.25) is 0 Å². The van der Waals surface area contributed by atoms with E-state index in [9.17, 15) is 13.2 Å². The Balaban J connectivity index is 2.84. The van der Waals surface area contributed by atoms with Gasteiger partial charge in [0.25, 0.3) is 0 Å². The zero-order valence-corrected chi connectivity index (χ0v) is 11.1. The van der Waals surface area contributed by atoms with Crippen LogP contribution >= 0.6 is 0 Å². The molecule has 0 aliphatic heterocycles. The molecule has 0 bridgehead atoms. The maximum Gasteiger partial charge on any atom is 0.240 e. The van der Waals surface area contributed by atoms with Crippen molar-refractivity contribution in [3.63, 3.8) is 0 Å². The van der Waals surface area contributed by atoms with Crippen molar-refractivity contribution >= 4 is 21.6 Å². The van der Waals surface area contributed by atoms with Crippen LogP contribution in [0.25, 0.3) is 0 Å². The van der Waals surface area contributed by atoms with E-state index in [2.05, 4.69) is 10.0 Å². The minimum Gasteiger partial charge on any atom is -0.325 e. The molecular weight excluding hydrogens is 254 g/mol. The van der Waals surface area contributed by atoms with Crippen molar-refractivity contribution in [2.24, 2.45) is 5.73 Å². The molecule has 1 rings (SSSR count). The molecule has 1 amide bonds. The molecule has 0 aliphatic rings. The number of amides is 1. The van der Waals surface area contributed by atoms with Crippen molar-refractivity contribution < 1.29 is 13.2 Å². The summed E-state index contributed by atoms with van der Waals surface area (Å²) in [5.74, 6) is -0.322. The van der Waals surface area contributed by atoms with Crippen molar-refractivity contribution in [1.29, 1.82) is 0 Å². The van der Waals surface area contributed by atoms with Crippen LogP contribution in [0.5, 0.6) is 0 Å². The quantitative estimate of drug-likeness (QED) is 0.715. The number of benzene rings is 1. The summed E-state index contributed by atoms with van der Waals surface area (Å²) in [5.41, 5.74) is 5.91. The van der Waals surface area contributed by atoms with E-state index in [0.717, 1.165) is 0 Å². The monoisotopic (exact) mass is 271 g/mol. The number of hydrogen-bond acceptors (Lipinski definition) is 4. The lowest BCUT2D eigenvalue weighted by Crippen LogP contribution is -2.32. The van der Waals surface area contributed by atoms with Gasteiger partial charge in [0.2, 0.25) is 15.9 Å². The normalized spacial score (nSPS) is 13.1. The van der Waals surface area contributed by atoms with Crippen molar-refractivity contribution in [2.45, 2.75) is 24.8 Å². The van der Waals surface area contributed by atoms with Gasteiger partial charge in [-0.1, -0.05) is 6.92 Å². The molecule has 0 saturated carbocycles. The molecule has 4 N–H and O–H groups in total. The topological polar surface area (TPSA) is 101 Å². The zero-order chi connectivity index (χ0) is 13.8. The van der Waals surface area contributed by atoms with E-state index in [-0.39, 0.29) is 10.8 Å². The first kappa shape index (κ1) is 14.6. The highest BCUT2D eigenvalue weighted by atomic mass is 32.2. The maximum atomic E-state index is 11.7. The van der Waals surface area contributed by atoms with Gasteiger partial charge < -0.3 is 11.1 Å². The van der Waals surface area contributed by atoms with Gasteiger partial charge in [0, 0.05) is 12.2 Å². The summed E-state index contributed by atoms with van der Waals surface area (Å²) in [4.78, 5) is 11.5. The third kappa shape index (κ3) is 3.80. The van der Waals surface area contributed by atoms with Crippen LogP contribution in [0.15, 0.2) is 29.2 Å². The molecule has 0 heterocycles. The van der Waals surface area contributed by atoms with E-state index in [1.807, 2.05) is 0 Å². The minimum absolute atomic E-state index is 0.156. The molecule has 0 aromatic heterocycles. The lowest BCUT2D eigenvalue weighted by molar-refractivity contribution is -0.117. The fourth-order valence-electron chi connectivity index (χ4n) is 1.25. The Morgan fingerprint density at radius 2 is 1.89 bits per heavy atom. The van der Waals surface area contributed by atoms with E-state index >= 15 is 0 Å². The third-order valence-electron chi connectivity index (χ3n) is 2.18. The molecule has 0 aliphatic carbocycles. The smallest absolute Gasteiger partial charge is 0.240 e. The predicted molar refractivity (Wildman–Crippen MR) is 69.6 cm³/mol. The number of sulfonamides is 1. The summed E-state index contributed by atoms with van der Waals surface area (Å²) in [7, 11) is -3.46. The second-order valence-corrected chi connectivity index (χ2v) is 5.57. The summed E-state index contributed by atoms with van der Waals surface area (Å²) < 4.78 is 25.7. The number of nitrogens with one attached hydrogen (secondary N) is 2. The van der Waals surface area contributed by atoms with E-state index in [1.165, 1.54) is 24.3 Å². The van der Waals surface area contributed by atoms with Crippen molar-refractivity contribution in [3.8, 4) is 0 Å². The highest BCUT2D eigenvalue weighted by Gasteiger charge is 2.13. The number of anilines is 1. The molecule has 18 heavy (non-hydrogen) atoms. The second kappa shape index (κ2) is 5.94. The standard InChI is InChI=1S/C11H17N3O3S/c1-3-13-18(16,17)10-6-4-9(5-7-10)14-11(15)8(2)12/h4-8,13H,3,12H2,1-2H3,(H,14,15)/t8-/m0/s1. The Morgan fingerprint density at radius 1 is 1.33 bits per heavy atom. The van der Waals surface area contributed by atoms with Crippen LogP contribution in [0.3, 0.4) is 0 Å². The highest BCUT2D eigenvalue weighted by Crippen LogP contribution is 2.13. The first-order chi connectivity index (χ1) is 8.36. The maximum absolute atomic E-state index is 11.7. The Bertz CT molecular complexity index is 509. The average molecular weight is 271 g/mol. The summed E-state index contributed by atoms with van der Waals surface area (Å²) >= 11 is 0. The van der Waals surface area contributed by atoms with Crippen LogP contribution in [-0.4, -0.2) is 26.9 Å². The van der Waals surface area contributed by atoms with Gasteiger partial charge in [-0.2, -0.15) is 0 Å². The molecule has 1 aromatic rings. The number of carbonyl (C=O) groups is 1. The second-order valence-electron chi connectivity index (χ2n) is 3.80. The Morgan fingerprint density at radius 3 is 2.33 bits per heavy atom. The third-order valence-corrected chi connectivity index (χ3v) is 3.74. The van der Waals surface area contributed by atoms with Gasteiger partial charge in [0.1, 0.15) is 0 Å². The fourth-order valence-corrected chi connectivity index (χ4v) is 2.29. The van der Waals surface area contributed by atoms with Gasteiger partial charge in [0.15, 0.2) is 0 Å². The molecule has 0 radical (unpaired) electrons. The number of carbonyl (C=O) groups excluding carboxylic acids is 1. The van der Waals surface area contributed by atoms with Gasteiger partial charge in [0.05, 0.1) is 10.9 Å². The summed E-state index contributed by atoms with van der Waals surface area (Å²) in [5, 5.41) is 2.57. The average Bonchev–Trinajstić information content (AvgIpc) is 2.29. The summed E-state index contributed by atoms with van der Waals surface area (Å²) in [6.07, 6.45) is 0. The lowest BCUT2D eigenvalue weighted by atomic mass is 10.3. The molecule has 1 atom stereocenters.